The average Bonchev–Trinajstić information content (AvgIpc) is 3.48. The van der Waals surface area contributed by atoms with Crippen molar-refractivity contribution in [2.24, 2.45) is 0 Å². The van der Waals surface area contributed by atoms with Crippen LogP contribution in [0.5, 0.6) is 0 Å². The second kappa shape index (κ2) is 9.82. The van der Waals surface area contributed by atoms with E-state index in [0.29, 0.717) is 5.71 Å². The van der Waals surface area contributed by atoms with Crippen molar-refractivity contribution in [3.63, 3.8) is 0 Å². The first-order valence-corrected chi connectivity index (χ1v) is 14.9. The van der Waals surface area contributed by atoms with Crippen LogP contribution in [0.15, 0.2) is 162 Å². The molecule has 0 atom stereocenters. The normalized spacial score (nSPS) is 11.6. The number of para-hydroxylation sites is 2. The van der Waals surface area contributed by atoms with Crippen LogP contribution in [0.25, 0.3) is 65.5 Å². The first-order chi connectivity index (χ1) is 21.8. The summed E-state index contributed by atoms with van der Waals surface area (Å²) in [4.78, 5) is 6.74. The van der Waals surface area contributed by atoms with E-state index in [1.165, 1.54) is 43.4 Å². The number of benzene rings is 7. The van der Waals surface area contributed by atoms with Gasteiger partial charge in [-0.15, -0.1) is 0 Å². The van der Waals surface area contributed by atoms with Crippen molar-refractivity contribution in [1.29, 1.82) is 0 Å². The number of hydrogen-bond acceptors (Lipinski definition) is 3. The second-order valence-electron chi connectivity index (χ2n) is 11.2. The highest BCUT2D eigenvalue weighted by atomic mass is 16.3. The van der Waals surface area contributed by atoms with Crippen LogP contribution in [0.3, 0.4) is 0 Å². The topological polar surface area (TPSA) is 29.3 Å². The maximum absolute atomic E-state index is 6.35. The zero-order chi connectivity index (χ0) is 29.0. The lowest BCUT2D eigenvalue weighted by Gasteiger charge is -2.25. The van der Waals surface area contributed by atoms with Gasteiger partial charge in [0, 0.05) is 28.3 Å². The summed E-state index contributed by atoms with van der Waals surface area (Å²) in [6, 6.07) is 54.0. The molecule has 0 spiro atoms. The summed E-state index contributed by atoms with van der Waals surface area (Å²) in [5, 5.41) is 9.72. The number of nitrogens with zero attached hydrogens (tertiary/aromatic N) is 2. The van der Waals surface area contributed by atoms with Gasteiger partial charge in [-0.05, 0) is 92.0 Å². The van der Waals surface area contributed by atoms with Crippen molar-refractivity contribution in [3.05, 3.63) is 158 Å². The molecule has 0 saturated carbocycles. The van der Waals surface area contributed by atoms with Gasteiger partial charge in [0.1, 0.15) is 0 Å². The van der Waals surface area contributed by atoms with Gasteiger partial charge in [-0.2, -0.15) is 0 Å². The summed E-state index contributed by atoms with van der Waals surface area (Å²) in [5.41, 5.74) is 6.93. The van der Waals surface area contributed by atoms with E-state index in [4.69, 9.17) is 4.42 Å². The molecule has 2 heterocycles. The highest BCUT2D eigenvalue weighted by molar-refractivity contribution is 6.17. The lowest BCUT2D eigenvalue weighted by Crippen LogP contribution is -2.10. The molecule has 0 fully saturated rings. The highest BCUT2D eigenvalue weighted by Gasteiger charge is 2.19. The van der Waals surface area contributed by atoms with Gasteiger partial charge in [0.15, 0.2) is 5.58 Å². The minimum absolute atomic E-state index is 0.648. The van der Waals surface area contributed by atoms with Crippen LogP contribution in [-0.4, -0.2) is 4.98 Å². The molecule has 0 saturated heterocycles. The summed E-state index contributed by atoms with van der Waals surface area (Å²) in [7, 11) is 0. The SMILES string of the molecule is c1ccc(N(c2ccc(-c3ccc4ccc5c6ccccc6ccc5c4c3)cc2)c2cccc3c2oc2ncccc23)cc1. The summed E-state index contributed by atoms with van der Waals surface area (Å²) in [6.45, 7) is 0. The molecule has 3 heteroatoms. The third kappa shape index (κ3) is 3.87. The van der Waals surface area contributed by atoms with Crippen LogP contribution in [-0.2, 0) is 0 Å². The Morgan fingerprint density at radius 1 is 0.432 bits per heavy atom. The van der Waals surface area contributed by atoms with Gasteiger partial charge >= 0.3 is 0 Å². The van der Waals surface area contributed by atoms with Gasteiger partial charge in [0.2, 0.25) is 5.71 Å². The molecule has 0 amide bonds. The van der Waals surface area contributed by atoms with Crippen molar-refractivity contribution in [1.82, 2.24) is 4.98 Å². The lowest BCUT2D eigenvalue weighted by atomic mass is 9.94. The first-order valence-electron chi connectivity index (χ1n) is 14.9. The molecule has 206 valence electrons. The summed E-state index contributed by atoms with van der Waals surface area (Å²) >= 11 is 0. The Hall–Kier alpha value is -5.93. The van der Waals surface area contributed by atoms with Crippen molar-refractivity contribution >= 4 is 71.4 Å². The van der Waals surface area contributed by atoms with Gasteiger partial charge in [-0.25, -0.2) is 4.98 Å². The standard InChI is InChI=1S/C41H26N2O/c1-2-9-31(10-3-1)43(39-14-6-12-36-37-13-7-25-42-41(37)44-40(36)39)32-21-17-27(18-22-32)30-16-15-29-20-23-34-33-11-5-4-8-28(33)19-24-35(34)38(29)26-30/h1-26H. The molecule has 9 rings (SSSR count). The Morgan fingerprint density at radius 3 is 1.95 bits per heavy atom. The van der Waals surface area contributed by atoms with E-state index in [0.717, 1.165) is 33.4 Å². The fourth-order valence-corrected chi connectivity index (χ4v) is 6.60. The Morgan fingerprint density at radius 2 is 1.09 bits per heavy atom. The number of furan rings is 1. The number of anilines is 3. The van der Waals surface area contributed by atoms with Crippen molar-refractivity contribution in [2.75, 3.05) is 4.90 Å². The first kappa shape index (κ1) is 24.6. The molecule has 3 nitrogen and oxygen atoms in total. The summed E-state index contributed by atoms with van der Waals surface area (Å²) < 4.78 is 6.35. The molecule has 44 heavy (non-hydrogen) atoms. The lowest BCUT2D eigenvalue weighted by molar-refractivity contribution is 0.654. The zero-order valence-electron chi connectivity index (χ0n) is 23.8. The third-order valence-corrected chi connectivity index (χ3v) is 8.71. The van der Waals surface area contributed by atoms with E-state index in [2.05, 4.69) is 149 Å². The van der Waals surface area contributed by atoms with E-state index in [1.807, 2.05) is 12.1 Å². The van der Waals surface area contributed by atoms with Crippen LogP contribution in [0, 0.1) is 0 Å². The van der Waals surface area contributed by atoms with E-state index >= 15 is 0 Å². The Labute approximate surface area is 254 Å². The van der Waals surface area contributed by atoms with Crippen LogP contribution in [0.2, 0.25) is 0 Å². The van der Waals surface area contributed by atoms with Crippen LogP contribution < -0.4 is 4.90 Å². The number of hydrogen-bond donors (Lipinski definition) is 0. The molecular formula is C41H26N2O. The predicted octanol–water partition coefficient (Wildman–Crippen LogP) is 11.6. The Bertz CT molecular complexity index is 2490. The number of fused-ring (bicyclic) bond motifs is 8. The van der Waals surface area contributed by atoms with Crippen molar-refractivity contribution in [2.45, 2.75) is 0 Å². The Balaban J connectivity index is 1.17. The fraction of sp³-hybridized carbons (Fsp3) is 0. The monoisotopic (exact) mass is 562 g/mol. The quantitative estimate of drug-likeness (QED) is 0.200. The van der Waals surface area contributed by atoms with Gasteiger partial charge in [0.05, 0.1) is 5.69 Å². The molecule has 7 aromatic carbocycles. The van der Waals surface area contributed by atoms with Gasteiger partial charge in [-0.3, -0.25) is 0 Å². The smallest absolute Gasteiger partial charge is 0.227 e. The maximum Gasteiger partial charge on any atom is 0.227 e. The predicted molar refractivity (Wildman–Crippen MR) is 184 cm³/mol. The maximum atomic E-state index is 6.35. The molecular weight excluding hydrogens is 536 g/mol. The molecule has 0 unspecified atom stereocenters. The fourth-order valence-electron chi connectivity index (χ4n) is 6.60. The largest absolute Gasteiger partial charge is 0.435 e. The number of aromatic nitrogens is 1. The van der Waals surface area contributed by atoms with Gasteiger partial charge in [0.25, 0.3) is 0 Å². The molecule has 0 aliphatic rings. The third-order valence-electron chi connectivity index (χ3n) is 8.71. The molecule has 0 aliphatic heterocycles. The minimum atomic E-state index is 0.648. The minimum Gasteiger partial charge on any atom is -0.435 e. The van der Waals surface area contributed by atoms with Crippen LogP contribution in [0.4, 0.5) is 17.1 Å². The van der Waals surface area contributed by atoms with Crippen molar-refractivity contribution < 1.29 is 4.42 Å². The average molecular weight is 563 g/mol. The molecule has 0 bridgehead atoms. The van der Waals surface area contributed by atoms with E-state index in [1.54, 1.807) is 6.20 Å². The molecule has 0 N–H and O–H groups in total. The molecule has 9 aromatic rings. The second-order valence-corrected chi connectivity index (χ2v) is 11.2. The summed E-state index contributed by atoms with van der Waals surface area (Å²) in [5.74, 6) is 0. The molecule has 0 aliphatic carbocycles. The zero-order valence-corrected chi connectivity index (χ0v) is 23.8. The van der Waals surface area contributed by atoms with E-state index < -0.39 is 0 Å². The highest BCUT2D eigenvalue weighted by Crippen LogP contribution is 2.42. The number of rotatable bonds is 4. The van der Waals surface area contributed by atoms with Gasteiger partial charge < -0.3 is 9.32 Å². The van der Waals surface area contributed by atoms with E-state index in [9.17, 15) is 0 Å². The van der Waals surface area contributed by atoms with Crippen molar-refractivity contribution in [3.8, 4) is 11.1 Å². The Kier molecular flexibility index (Phi) is 5.50. The van der Waals surface area contributed by atoms with Gasteiger partial charge in [-0.1, -0.05) is 103 Å². The van der Waals surface area contributed by atoms with Crippen LogP contribution in [0.1, 0.15) is 0 Å². The summed E-state index contributed by atoms with van der Waals surface area (Å²) in [6.07, 6.45) is 1.77. The molecule has 2 aromatic heterocycles. The number of pyridine rings is 1. The molecule has 0 radical (unpaired) electrons. The van der Waals surface area contributed by atoms with E-state index in [-0.39, 0.29) is 0 Å². The van der Waals surface area contributed by atoms with Crippen LogP contribution >= 0.6 is 0 Å².